The molecule has 0 bridgehead atoms. The van der Waals surface area contributed by atoms with E-state index in [0.29, 0.717) is 5.88 Å². The summed E-state index contributed by atoms with van der Waals surface area (Å²) in [6, 6.07) is 10.2. The Morgan fingerprint density at radius 1 is 0.429 bits per heavy atom. The number of hydrogen-bond donors (Lipinski definition) is 0. The molecule has 63 heavy (non-hydrogen) atoms. The zero-order chi connectivity index (χ0) is 47.4. The van der Waals surface area contributed by atoms with Crippen LogP contribution in [0.25, 0.3) is 0 Å². The molecule has 1 heterocycles. The van der Waals surface area contributed by atoms with Crippen LogP contribution in [-0.4, -0.2) is 13.5 Å². The Labute approximate surface area is 362 Å². The molecule has 0 aliphatic carbocycles. The van der Waals surface area contributed by atoms with Gasteiger partial charge in [0.25, 0.3) is 2.33 Å². The zero-order valence-electron chi connectivity index (χ0n) is 29.4. The molecule has 6 aromatic rings. The number of halogens is 23. The van der Waals surface area contributed by atoms with Gasteiger partial charge in [-0.3, -0.25) is 0 Å². The monoisotopic (exact) mass is 1110 g/mol. The van der Waals surface area contributed by atoms with Crippen LogP contribution in [0, 0.1) is 116 Å². The minimum absolute atomic E-state index is 0.645. The van der Waals surface area contributed by atoms with Crippen LogP contribution in [0.2, 0.25) is 0 Å². The van der Waals surface area contributed by atoms with Crippen molar-refractivity contribution in [1.82, 2.24) is 4.98 Å². The van der Waals surface area contributed by atoms with Gasteiger partial charge < -0.3 is 4.74 Å². The highest BCUT2D eigenvalue weighted by Gasteiger charge is 2.52. The van der Waals surface area contributed by atoms with Gasteiger partial charge in [-0.15, -0.1) is 21.9 Å². The van der Waals surface area contributed by atoms with Gasteiger partial charge in [0, 0.05) is 5.56 Å². The van der Waals surface area contributed by atoms with E-state index in [0.717, 1.165) is 6.54 Å². The molecule has 27 heteroatoms. The second kappa shape index (κ2) is 18.3. The summed E-state index contributed by atoms with van der Waals surface area (Å²) in [5.74, 6) is -70.8. The molecule has 0 amide bonds. The van der Waals surface area contributed by atoms with Crippen molar-refractivity contribution in [1.29, 1.82) is 0 Å². The highest BCUT2D eigenvalue weighted by atomic mass is 80.0. The van der Waals surface area contributed by atoms with Crippen molar-refractivity contribution < 1.29 is 97.1 Å². The molecular weight excluding hydrogens is 1110 g/mol. The molecule has 0 spiro atoms. The van der Waals surface area contributed by atoms with Crippen LogP contribution in [0.4, 0.5) is 87.8 Å². The van der Waals surface area contributed by atoms with Crippen molar-refractivity contribution in [2.75, 3.05) is 0 Å². The Hall–Kier alpha value is -4.92. The first-order chi connectivity index (χ1) is 29.2. The van der Waals surface area contributed by atoms with Crippen molar-refractivity contribution in [3.8, 4) is 5.88 Å². The lowest BCUT2D eigenvalue weighted by atomic mass is 9.12. The fraction of sp³-hybridized carbons (Fsp3) is 0.0556. The van der Waals surface area contributed by atoms with Crippen molar-refractivity contribution in [3.05, 3.63) is 171 Å². The van der Waals surface area contributed by atoms with Gasteiger partial charge in [0.1, 0.15) is 58.9 Å². The van der Waals surface area contributed by atoms with Crippen LogP contribution in [-0.2, 0) is 6.54 Å². The second-order valence-electron chi connectivity index (χ2n) is 12.4. The maximum Gasteiger partial charge on any atom is 0.389 e. The van der Waals surface area contributed by atoms with Crippen LogP contribution in [0.3, 0.4) is 0 Å². The molecule has 1 aromatic heterocycles. The number of aromatic nitrogens is 2. The lowest BCUT2D eigenvalue weighted by Crippen LogP contribution is -2.81. The third-order valence-electron chi connectivity index (χ3n) is 8.92. The summed E-state index contributed by atoms with van der Waals surface area (Å²) in [6.45, 7) is 0.724. The fourth-order valence-corrected chi connectivity index (χ4v) is 6.86. The van der Waals surface area contributed by atoms with E-state index in [4.69, 9.17) is 4.74 Å². The molecule has 5 aromatic carbocycles. The molecule has 0 unspecified atom stereocenters. The minimum atomic E-state index is -7.22. The van der Waals surface area contributed by atoms with Crippen LogP contribution >= 0.6 is 47.8 Å². The summed E-state index contributed by atoms with van der Waals surface area (Å²) >= 11 is 9.91. The topological polar surface area (TPSA) is 26.0 Å². The highest BCUT2D eigenvalue weighted by molar-refractivity contribution is 9.39. The van der Waals surface area contributed by atoms with E-state index in [1.54, 1.807) is 12.4 Å². The molecule has 3 nitrogen and oxygen atoms in total. The molecule has 0 saturated carbocycles. The van der Waals surface area contributed by atoms with E-state index < -0.39 is 147 Å². The average Bonchev–Trinajstić information content (AvgIpc) is 3.24. The van der Waals surface area contributed by atoms with E-state index in [1.165, 1.54) is 5.56 Å². The summed E-state index contributed by atoms with van der Waals surface area (Å²) in [6.07, 6.45) is -1.94. The predicted octanol–water partition coefficient (Wildman–Crippen LogP) is 9.44. The summed E-state index contributed by atoms with van der Waals surface area (Å²) in [4.78, 5) is 4.06. The fourth-order valence-electron chi connectivity index (χ4n) is 6.36. The Morgan fingerprint density at radius 3 is 0.968 bits per heavy atom. The summed E-state index contributed by atoms with van der Waals surface area (Å²) in [5, 5.41) is 0. The lowest BCUT2D eigenvalue weighted by molar-refractivity contribution is -0.694. The number of nitrogens with zero attached hydrogens (tertiary/aromatic N) is 2. The summed E-state index contributed by atoms with van der Waals surface area (Å²) < 4.78 is 301. The molecule has 334 valence electrons. The van der Waals surface area contributed by atoms with E-state index in [2.05, 4.69) is 64.9 Å². The predicted molar refractivity (Wildman–Crippen MR) is 189 cm³/mol. The first-order valence-electron chi connectivity index (χ1n) is 16.1. The SMILES string of the molecule is BrC(Br)(Br)Oc1cncc[n+]1Cc1ccccc1.Fc1c(F)c(F)c([B-](c2c(F)c(F)c(F)c(F)c2F)(c2c(F)c(F)c(F)c(F)c2F)c2c(F)c(F)c(F)c(F)c2F)c(F)c1F. The maximum absolute atomic E-state index is 15.4. The second-order valence-corrected chi connectivity index (χ2v) is 18.9. The van der Waals surface area contributed by atoms with E-state index in [9.17, 15) is 52.7 Å². The molecule has 0 aliphatic rings. The van der Waals surface area contributed by atoms with E-state index in [1.807, 2.05) is 29.0 Å². The Balaban J connectivity index is 0.000000345. The van der Waals surface area contributed by atoms with Gasteiger partial charge in [-0.05, 0) is 47.8 Å². The minimum Gasteiger partial charge on any atom is -0.404 e. The standard InChI is InChI=1S/C24BF20.C12H10Br3N2O/c26-5-1(6(27)14(35)21(42)13(5)34)25(2-7(28)15(36)22(43)16(37)8(2)29,3-9(30)17(38)23(44)18(39)10(3)31)4-11(32)19(40)24(45)20(41)12(4)33;13-12(14,15)18-11-8-16-6-7-17(11)9-10-4-2-1-3-5-10/h;1-8H,9H2/q-1;+1. The molecule has 0 N–H and O–H groups in total. The molecule has 0 aliphatic heterocycles. The van der Waals surface area contributed by atoms with Crippen molar-refractivity contribution in [2.24, 2.45) is 0 Å². The van der Waals surface area contributed by atoms with Gasteiger partial charge in [0.15, 0.2) is 82.5 Å². The quantitative estimate of drug-likeness (QED) is 0.0398. The zero-order valence-corrected chi connectivity index (χ0v) is 34.2. The number of hydrogen-bond acceptors (Lipinski definition) is 2. The third kappa shape index (κ3) is 8.46. The molecule has 0 saturated heterocycles. The van der Waals surface area contributed by atoms with Crippen LogP contribution in [0.5, 0.6) is 5.88 Å². The Kier molecular flexibility index (Phi) is 14.3. The number of benzene rings is 5. The van der Waals surface area contributed by atoms with Crippen molar-refractivity contribution >= 4 is 75.8 Å². The normalized spacial score (nSPS) is 11.8. The highest BCUT2D eigenvalue weighted by Crippen LogP contribution is 2.35. The smallest absolute Gasteiger partial charge is 0.389 e. The van der Waals surface area contributed by atoms with Gasteiger partial charge in [-0.2, -0.15) is 4.57 Å². The van der Waals surface area contributed by atoms with E-state index in [-0.39, 0.29) is 0 Å². The van der Waals surface area contributed by atoms with Crippen LogP contribution in [0.15, 0.2) is 48.9 Å². The first-order valence-corrected chi connectivity index (χ1v) is 18.5. The lowest BCUT2D eigenvalue weighted by Gasteiger charge is -2.44. The molecular formula is C36H10BBr3F20N2O. The number of ether oxygens (including phenoxy) is 1. The Bertz CT molecular complexity index is 2420. The number of alkyl halides is 3. The summed E-state index contributed by atoms with van der Waals surface area (Å²) in [5.41, 5.74) is -13.1. The summed E-state index contributed by atoms with van der Waals surface area (Å²) in [7, 11) is 0. The average molecular weight is 1120 g/mol. The molecule has 0 fully saturated rings. The van der Waals surface area contributed by atoms with Crippen molar-refractivity contribution in [2.45, 2.75) is 8.87 Å². The van der Waals surface area contributed by atoms with Gasteiger partial charge in [-0.1, -0.05) is 30.3 Å². The third-order valence-corrected chi connectivity index (χ3v) is 9.41. The molecule has 6 rings (SSSR count). The largest absolute Gasteiger partial charge is 0.404 e. The molecule has 0 radical (unpaired) electrons. The van der Waals surface area contributed by atoms with Crippen molar-refractivity contribution in [3.63, 3.8) is 0 Å². The molecule has 0 atom stereocenters. The maximum atomic E-state index is 15.4. The van der Waals surface area contributed by atoms with Crippen LogP contribution in [0.1, 0.15) is 5.56 Å². The first kappa shape index (κ1) is 49.1. The number of rotatable bonds is 7. The van der Waals surface area contributed by atoms with Gasteiger partial charge in [-0.25, -0.2) is 92.8 Å². The van der Waals surface area contributed by atoms with Crippen LogP contribution < -0.4 is 31.2 Å². The van der Waals surface area contributed by atoms with Gasteiger partial charge in [0.2, 0.25) is 0 Å². The van der Waals surface area contributed by atoms with Gasteiger partial charge >= 0.3 is 5.88 Å². The van der Waals surface area contributed by atoms with Gasteiger partial charge in [0.05, 0.1) is 6.20 Å². The van der Waals surface area contributed by atoms with E-state index >= 15 is 35.1 Å². The Morgan fingerprint density at radius 2 is 0.698 bits per heavy atom.